The van der Waals surface area contributed by atoms with Crippen LogP contribution in [0.3, 0.4) is 0 Å². The Balaban J connectivity index is 2.10. The van der Waals surface area contributed by atoms with E-state index < -0.39 is 6.17 Å². The van der Waals surface area contributed by atoms with Gasteiger partial charge < -0.3 is 0 Å². The van der Waals surface area contributed by atoms with Crippen LogP contribution in [0.25, 0.3) is 0 Å². The summed E-state index contributed by atoms with van der Waals surface area (Å²) in [5, 5.41) is 0.508. The first kappa shape index (κ1) is 12.7. The van der Waals surface area contributed by atoms with Gasteiger partial charge in [-0.1, -0.05) is 20.8 Å². The zero-order chi connectivity index (χ0) is 11.9. The van der Waals surface area contributed by atoms with E-state index in [1.54, 1.807) is 0 Å². The third-order valence-electron chi connectivity index (χ3n) is 5.32. The van der Waals surface area contributed by atoms with Gasteiger partial charge in [-0.3, -0.25) is 0 Å². The highest BCUT2D eigenvalue weighted by molar-refractivity contribution is 7.80. The van der Waals surface area contributed by atoms with Gasteiger partial charge in [-0.15, -0.1) is 0 Å². The summed E-state index contributed by atoms with van der Waals surface area (Å²) in [6.07, 6.45) is 4.77. The first-order chi connectivity index (χ1) is 7.49. The Morgan fingerprint density at radius 1 is 1.44 bits per heavy atom. The first-order valence-electron chi connectivity index (χ1n) is 6.81. The highest BCUT2D eigenvalue weighted by atomic mass is 32.1. The van der Waals surface area contributed by atoms with Crippen LogP contribution in [0.1, 0.15) is 52.9 Å². The van der Waals surface area contributed by atoms with Gasteiger partial charge in [0.1, 0.15) is 6.17 Å². The Morgan fingerprint density at radius 3 is 2.75 bits per heavy atom. The molecule has 94 valence electrons. The third-order valence-corrected chi connectivity index (χ3v) is 5.89. The lowest BCUT2D eigenvalue weighted by atomic mass is 9.78. The van der Waals surface area contributed by atoms with E-state index >= 15 is 0 Å². The maximum atomic E-state index is 14.0. The van der Waals surface area contributed by atoms with Crippen molar-refractivity contribution in [1.29, 1.82) is 0 Å². The lowest BCUT2D eigenvalue weighted by molar-refractivity contribution is 0.125. The summed E-state index contributed by atoms with van der Waals surface area (Å²) in [6.45, 7) is 6.70. The molecule has 0 saturated heterocycles. The van der Waals surface area contributed by atoms with E-state index in [4.69, 9.17) is 0 Å². The summed E-state index contributed by atoms with van der Waals surface area (Å²) in [4.78, 5) is 0. The van der Waals surface area contributed by atoms with Gasteiger partial charge in [-0.25, -0.2) is 4.39 Å². The van der Waals surface area contributed by atoms with Crippen molar-refractivity contribution in [2.24, 2.45) is 23.2 Å². The highest BCUT2D eigenvalue weighted by Crippen LogP contribution is 2.61. The molecule has 0 nitrogen and oxygen atoms in total. The highest BCUT2D eigenvalue weighted by Gasteiger charge is 2.56. The molecule has 16 heavy (non-hydrogen) atoms. The second-order valence-electron chi connectivity index (χ2n) is 6.30. The van der Waals surface area contributed by atoms with Gasteiger partial charge in [0, 0.05) is 10.7 Å². The first-order valence-corrected chi connectivity index (χ1v) is 7.32. The maximum Gasteiger partial charge on any atom is 0.106 e. The number of fused-ring (bicyclic) bond motifs is 1. The molecule has 0 spiro atoms. The smallest absolute Gasteiger partial charge is 0.106 e. The quantitative estimate of drug-likeness (QED) is 0.695. The fourth-order valence-corrected chi connectivity index (χ4v) is 4.56. The Labute approximate surface area is 105 Å². The molecule has 6 atom stereocenters. The van der Waals surface area contributed by atoms with Gasteiger partial charge in [-0.2, -0.15) is 12.6 Å². The Morgan fingerprint density at radius 2 is 2.12 bits per heavy atom. The molecule has 0 N–H and O–H groups in total. The summed E-state index contributed by atoms with van der Waals surface area (Å²) in [5.74, 6) is 2.03. The fraction of sp³-hybridized carbons (Fsp3) is 1.00. The van der Waals surface area contributed by atoms with Crippen LogP contribution in [0, 0.1) is 23.2 Å². The van der Waals surface area contributed by atoms with Crippen LogP contribution in [-0.2, 0) is 0 Å². The van der Waals surface area contributed by atoms with Gasteiger partial charge in [0.2, 0.25) is 0 Å². The minimum Gasteiger partial charge on any atom is -0.247 e. The lowest BCUT2D eigenvalue weighted by Gasteiger charge is -2.29. The average molecular weight is 244 g/mol. The van der Waals surface area contributed by atoms with E-state index in [9.17, 15) is 4.39 Å². The van der Waals surface area contributed by atoms with Gasteiger partial charge in [0.15, 0.2) is 0 Å². The summed E-state index contributed by atoms with van der Waals surface area (Å²) in [6, 6.07) is 0. The van der Waals surface area contributed by atoms with Crippen LogP contribution in [0.15, 0.2) is 0 Å². The Hall–Kier alpha value is 0.280. The molecule has 0 aromatic carbocycles. The molecule has 6 unspecified atom stereocenters. The predicted molar refractivity (Wildman–Crippen MR) is 70.7 cm³/mol. The van der Waals surface area contributed by atoms with Crippen molar-refractivity contribution in [3.63, 3.8) is 0 Å². The molecule has 2 heteroatoms. The second kappa shape index (κ2) is 4.51. The zero-order valence-corrected chi connectivity index (χ0v) is 11.6. The third kappa shape index (κ3) is 1.91. The van der Waals surface area contributed by atoms with Crippen molar-refractivity contribution in [1.82, 2.24) is 0 Å². The van der Waals surface area contributed by atoms with E-state index in [0.29, 0.717) is 23.0 Å². The molecule has 2 rings (SSSR count). The van der Waals surface area contributed by atoms with Crippen molar-refractivity contribution in [3.05, 3.63) is 0 Å². The number of thiol groups is 1. The van der Waals surface area contributed by atoms with Crippen LogP contribution < -0.4 is 0 Å². The summed E-state index contributed by atoms with van der Waals surface area (Å²) in [7, 11) is 0. The van der Waals surface area contributed by atoms with Gasteiger partial charge in [-0.05, 0) is 49.9 Å². The van der Waals surface area contributed by atoms with Gasteiger partial charge in [0.05, 0.1) is 0 Å². The van der Waals surface area contributed by atoms with Crippen molar-refractivity contribution in [2.75, 3.05) is 0 Å². The number of hydrogen-bond donors (Lipinski definition) is 1. The molecule has 2 saturated carbocycles. The van der Waals surface area contributed by atoms with Crippen molar-refractivity contribution < 1.29 is 4.39 Å². The van der Waals surface area contributed by atoms with E-state index in [0.717, 1.165) is 25.7 Å². The minimum atomic E-state index is -0.551. The Kier molecular flexibility index (Phi) is 3.59. The monoisotopic (exact) mass is 244 g/mol. The Bertz CT molecular complexity index is 255. The van der Waals surface area contributed by atoms with E-state index in [1.807, 2.05) is 0 Å². The van der Waals surface area contributed by atoms with Crippen LogP contribution >= 0.6 is 12.6 Å². The molecule has 2 aliphatic carbocycles. The maximum absolute atomic E-state index is 14.0. The summed E-state index contributed by atoms with van der Waals surface area (Å²) in [5.41, 5.74) is -0.00861. The molecule has 0 aromatic rings. The molecule has 0 aliphatic heterocycles. The van der Waals surface area contributed by atoms with Crippen LogP contribution in [0.4, 0.5) is 4.39 Å². The van der Waals surface area contributed by atoms with E-state index in [1.165, 1.54) is 6.42 Å². The number of hydrogen-bond acceptors (Lipinski definition) is 1. The van der Waals surface area contributed by atoms with Gasteiger partial charge >= 0.3 is 0 Å². The molecule has 0 aromatic heterocycles. The largest absolute Gasteiger partial charge is 0.247 e. The average Bonchev–Trinajstić information content (AvgIpc) is 2.64. The topological polar surface area (TPSA) is 0 Å². The molecule has 2 fully saturated rings. The second-order valence-corrected chi connectivity index (χ2v) is 7.03. The molecule has 0 amide bonds. The molecular weight excluding hydrogens is 219 g/mol. The number of alkyl halides is 1. The van der Waals surface area contributed by atoms with Crippen molar-refractivity contribution >= 4 is 12.6 Å². The van der Waals surface area contributed by atoms with Crippen LogP contribution in [0.5, 0.6) is 0 Å². The SMILES string of the molecule is CCC(S)CC1C(C)CC2(C)C(F)CCC12. The standard InChI is InChI=1S/C14H25FS/c1-4-10(16)7-11-9(2)8-14(3)12(11)5-6-13(14)15/h9-13,16H,4-8H2,1-3H3. The lowest BCUT2D eigenvalue weighted by Crippen LogP contribution is -2.27. The molecule has 2 aliphatic rings. The van der Waals surface area contributed by atoms with E-state index in [-0.39, 0.29) is 5.41 Å². The number of halogens is 1. The minimum absolute atomic E-state index is 0.00861. The van der Waals surface area contributed by atoms with Crippen LogP contribution in [-0.4, -0.2) is 11.4 Å². The summed E-state index contributed by atoms with van der Waals surface area (Å²) < 4.78 is 14.0. The fourth-order valence-electron chi connectivity index (χ4n) is 4.32. The predicted octanol–water partition coefficient (Wildman–Crippen LogP) is 4.50. The molecule has 0 heterocycles. The van der Waals surface area contributed by atoms with Crippen molar-refractivity contribution in [2.45, 2.75) is 64.3 Å². The normalized spacial score (nSPS) is 49.3. The molecule has 0 bridgehead atoms. The van der Waals surface area contributed by atoms with Crippen LogP contribution in [0.2, 0.25) is 0 Å². The van der Waals surface area contributed by atoms with E-state index in [2.05, 4.69) is 33.4 Å². The van der Waals surface area contributed by atoms with Crippen molar-refractivity contribution in [3.8, 4) is 0 Å². The van der Waals surface area contributed by atoms with Gasteiger partial charge in [0.25, 0.3) is 0 Å². The summed E-state index contributed by atoms with van der Waals surface area (Å²) >= 11 is 4.63. The molecular formula is C14H25FS. The zero-order valence-electron chi connectivity index (χ0n) is 10.7. The molecule has 0 radical (unpaired) electrons. The number of rotatable bonds is 3.